The third-order valence-corrected chi connectivity index (χ3v) is 3.33. The van der Waals surface area contributed by atoms with E-state index < -0.39 is 0 Å². The van der Waals surface area contributed by atoms with Gasteiger partial charge in [0.05, 0.1) is 11.7 Å². The average molecular weight is 294 g/mol. The Morgan fingerprint density at radius 3 is 3.12 bits per heavy atom. The first-order valence-electron chi connectivity index (χ1n) is 5.62. The number of halogens is 1. The highest BCUT2D eigenvalue weighted by molar-refractivity contribution is 9.10. The van der Waals surface area contributed by atoms with Gasteiger partial charge < -0.3 is 5.32 Å². The van der Waals surface area contributed by atoms with Gasteiger partial charge in [0.1, 0.15) is 0 Å². The van der Waals surface area contributed by atoms with Crippen LogP contribution in [0.2, 0.25) is 0 Å². The summed E-state index contributed by atoms with van der Waals surface area (Å²) in [5.74, 6) is 0.780. The first-order chi connectivity index (χ1) is 8.33. The largest absolute Gasteiger partial charge is 0.307 e. The minimum atomic E-state index is 0.260. The standard InChI is InChI=1S/C11H12BrN5/c12-8-3-1-4-9(7-8)17-15-11(14-16-17)10-5-2-6-13-10/h1,3-4,7,10,13H,2,5-6H2. The number of aromatic nitrogens is 4. The lowest BCUT2D eigenvalue weighted by Crippen LogP contribution is -2.14. The molecular weight excluding hydrogens is 282 g/mol. The molecule has 0 amide bonds. The molecule has 2 heterocycles. The lowest BCUT2D eigenvalue weighted by Gasteiger charge is -2.02. The van der Waals surface area contributed by atoms with Crippen molar-refractivity contribution >= 4 is 15.9 Å². The number of hydrogen-bond acceptors (Lipinski definition) is 4. The summed E-state index contributed by atoms with van der Waals surface area (Å²) >= 11 is 3.43. The van der Waals surface area contributed by atoms with Gasteiger partial charge in [-0.15, -0.1) is 15.0 Å². The molecule has 0 saturated carbocycles. The second kappa shape index (κ2) is 4.54. The molecule has 88 valence electrons. The quantitative estimate of drug-likeness (QED) is 0.918. The number of rotatable bonds is 2. The molecule has 17 heavy (non-hydrogen) atoms. The average Bonchev–Trinajstić information content (AvgIpc) is 3.00. The number of benzene rings is 1. The van der Waals surface area contributed by atoms with Crippen LogP contribution >= 0.6 is 15.9 Å². The molecule has 0 radical (unpaired) electrons. The summed E-state index contributed by atoms with van der Waals surface area (Å²) in [6.45, 7) is 1.04. The van der Waals surface area contributed by atoms with Crippen molar-refractivity contribution in [3.05, 3.63) is 34.6 Å². The predicted molar refractivity (Wildman–Crippen MR) is 66.8 cm³/mol. The second-order valence-corrected chi connectivity index (χ2v) is 4.98. The van der Waals surface area contributed by atoms with Crippen molar-refractivity contribution in [1.82, 2.24) is 25.5 Å². The van der Waals surface area contributed by atoms with Crippen molar-refractivity contribution in [2.75, 3.05) is 6.54 Å². The molecule has 1 fully saturated rings. The summed E-state index contributed by atoms with van der Waals surface area (Å²) in [7, 11) is 0. The van der Waals surface area contributed by atoms with E-state index in [1.54, 1.807) is 4.80 Å². The highest BCUT2D eigenvalue weighted by Crippen LogP contribution is 2.20. The molecule has 0 aliphatic carbocycles. The van der Waals surface area contributed by atoms with E-state index >= 15 is 0 Å². The third kappa shape index (κ3) is 2.23. The maximum absolute atomic E-state index is 4.41. The molecule has 6 heteroatoms. The van der Waals surface area contributed by atoms with Crippen LogP contribution in [0.1, 0.15) is 24.7 Å². The number of hydrogen-bond donors (Lipinski definition) is 1. The minimum Gasteiger partial charge on any atom is -0.307 e. The van der Waals surface area contributed by atoms with E-state index in [9.17, 15) is 0 Å². The van der Waals surface area contributed by atoms with Crippen molar-refractivity contribution in [2.45, 2.75) is 18.9 Å². The van der Waals surface area contributed by atoms with Crippen molar-refractivity contribution in [1.29, 1.82) is 0 Å². The third-order valence-electron chi connectivity index (χ3n) is 2.84. The molecule has 1 unspecified atom stereocenters. The molecule has 3 rings (SSSR count). The Labute approximate surface area is 107 Å². The number of nitrogens with zero attached hydrogens (tertiary/aromatic N) is 4. The fourth-order valence-electron chi connectivity index (χ4n) is 1.98. The monoisotopic (exact) mass is 293 g/mol. The van der Waals surface area contributed by atoms with Crippen LogP contribution in [0.15, 0.2) is 28.7 Å². The molecule has 2 aromatic rings. The Morgan fingerprint density at radius 1 is 1.41 bits per heavy atom. The summed E-state index contributed by atoms with van der Waals surface area (Å²) in [6.07, 6.45) is 2.26. The Hall–Kier alpha value is -1.27. The lowest BCUT2D eigenvalue weighted by molar-refractivity contribution is 0.602. The molecule has 5 nitrogen and oxygen atoms in total. The van der Waals surface area contributed by atoms with Crippen molar-refractivity contribution in [3.63, 3.8) is 0 Å². The molecule has 1 aromatic carbocycles. The second-order valence-electron chi connectivity index (χ2n) is 4.07. The zero-order chi connectivity index (χ0) is 11.7. The summed E-state index contributed by atoms with van der Waals surface area (Å²) in [6, 6.07) is 8.11. The van der Waals surface area contributed by atoms with Gasteiger partial charge in [-0.3, -0.25) is 0 Å². The van der Waals surface area contributed by atoms with E-state index in [2.05, 4.69) is 36.7 Å². The van der Waals surface area contributed by atoms with E-state index in [1.807, 2.05) is 24.3 Å². The van der Waals surface area contributed by atoms with Crippen LogP contribution in [0.5, 0.6) is 0 Å². The van der Waals surface area contributed by atoms with E-state index in [0.29, 0.717) is 0 Å². The Kier molecular flexibility index (Phi) is 2.90. The van der Waals surface area contributed by atoms with Crippen LogP contribution in [0.25, 0.3) is 5.69 Å². The van der Waals surface area contributed by atoms with Gasteiger partial charge in [-0.25, -0.2) is 0 Å². The molecular formula is C11H12BrN5. The zero-order valence-corrected chi connectivity index (χ0v) is 10.8. The minimum absolute atomic E-state index is 0.260. The normalized spacial score (nSPS) is 19.7. The van der Waals surface area contributed by atoms with Gasteiger partial charge in [0.25, 0.3) is 0 Å². The van der Waals surface area contributed by atoms with Crippen LogP contribution in [0.3, 0.4) is 0 Å². The lowest BCUT2D eigenvalue weighted by atomic mass is 10.2. The molecule has 1 N–H and O–H groups in total. The SMILES string of the molecule is Brc1cccc(-n2nnc(C3CCCN3)n2)c1. The van der Waals surface area contributed by atoms with E-state index in [-0.39, 0.29) is 6.04 Å². The summed E-state index contributed by atoms with van der Waals surface area (Å²) in [5, 5.41) is 16.0. The van der Waals surface area contributed by atoms with Gasteiger partial charge in [0.15, 0.2) is 5.82 Å². The van der Waals surface area contributed by atoms with Crippen LogP contribution < -0.4 is 5.32 Å². The Morgan fingerprint density at radius 2 is 2.35 bits per heavy atom. The van der Waals surface area contributed by atoms with E-state index in [1.165, 1.54) is 6.42 Å². The molecule has 1 aliphatic rings. The molecule has 0 spiro atoms. The molecule has 1 saturated heterocycles. The summed E-state index contributed by atoms with van der Waals surface area (Å²) in [5.41, 5.74) is 0.913. The van der Waals surface area contributed by atoms with Crippen LogP contribution in [-0.2, 0) is 0 Å². The first kappa shape index (κ1) is 10.9. The fourth-order valence-corrected chi connectivity index (χ4v) is 2.37. The number of tetrazole rings is 1. The molecule has 1 aliphatic heterocycles. The molecule has 1 atom stereocenters. The van der Waals surface area contributed by atoms with Crippen LogP contribution in [-0.4, -0.2) is 26.8 Å². The van der Waals surface area contributed by atoms with Crippen molar-refractivity contribution in [2.24, 2.45) is 0 Å². The van der Waals surface area contributed by atoms with Crippen molar-refractivity contribution < 1.29 is 0 Å². The number of nitrogens with one attached hydrogen (secondary N) is 1. The molecule has 0 bridgehead atoms. The highest BCUT2D eigenvalue weighted by atomic mass is 79.9. The summed E-state index contributed by atoms with van der Waals surface area (Å²) in [4.78, 5) is 1.57. The van der Waals surface area contributed by atoms with Gasteiger partial charge in [0.2, 0.25) is 0 Å². The maximum atomic E-state index is 4.41. The van der Waals surface area contributed by atoms with Gasteiger partial charge in [-0.1, -0.05) is 22.0 Å². The van der Waals surface area contributed by atoms with Crippen LogP contribution in [0.4, 0.5) is 0 Å². The summed E-state index contributed by atoms with van der Waals surface area (Å²) < 4.78 is 1.01. The van der Waals surface area contributed by atoms with Gasteiger partial charge in [-0.2, -0.15) is 0 Å². The van der Waals surface area contributed by atoms with Crippen LogP contribution in [0, 0.1) is 0 Å². The zero-order valence-electron chi connectivity index (χ0n) is 9.17. The highest BCUT2D eigenvalue weighted by Gasteiger charge is 2.21. The fraction of sp³-hybridized carbons (Fsp3) is 0.364. The van der Waals surface area contributed by atoms with Gasteiger partial charge in [-0.05, 0) is 42.8 Å². The van der Waals surface area contributed by atoms with E-state index in [4.69, 9.17) is 0 Å². The maximum Gasteiger partial charge on any atom is 0.192 e. The van der Waals surface area contributed by atoms with E-state index in [0.717, 1.165) is 29.0 Å². The Balaban J connectivity index is 1.89. The van der Waals surface area contributed by atoms with Gasteiger partial charge in [0, 0.05) is 4.47 Å². The topological polar surface area (TPSA) is 55.6 Å². The Bertz CT molecular complexity index is 518. The van der Waals surface area contributed by atoms with Gasteiger partial charge >= 0.3 is 0 Å². The first-order valence-corrected chi connectivity index (χ1v) is 6.41. The predicted octanol–water partition coefficient (Wildman–Crippen LogP) is 1.85. The molecule has 1 aromatic heterocycles. The van der Waals surface area contributed by atoms with Crippen molar-refractivity contribution in [3.8, 4) is 5.69 Å². The smallest absolute Gasteiger partial charge is 0.192 e.